The molecule has 30 heavy (non-hydrogen) atoms. The number of hydrogen-bond acceptors (Lipinski definition) is 4. The summed E-state index contributed by atoms with van der Waals surface area (Å²) in [5.41, 5.74) is 2.02. The molecule has 0 aromatic heterocycles. The zero-order valence-corrected chi connectivity index (χ0v) is 18.3. The molecule has 1 unspecified atom stereocenters. The molecule has 2 aromatic rings. The Morgan fingerprint density at radius 3 is 2.30 bits per heavy atom. The Labute approximate surface area is 179 Å². The standard InChI is InChI=1S/C24H32N2O4/c1-5-13-29-21-12-11-18(16-22(21)30-14-6-2)17(4)25-24(28)19-9-8-10-20(15-19)26-23(27)7-3/h8-12,15-17H,5-7,13-14H2,1-4H3,(H,25,28)(H,26,27). The van der Waals surface area contributed by atoms with Crippen molar-refractivity contribution in [2.45, 2.75) is 53.0 Å². The zero-order valence-electron chi connectivity index (χ0n) is 18.3. The van der Waals surface area contributed by atoms with E-state index in [-0.39, 0.29) is 17.9 Å². The molecule has 162 valence electrons. The van der Waals surface area contributed by atoms with Gasteiger partial charge in [-0.1, -0.05) is 32.9 Å². The number of anilines is 1. The van der Waals surface area contributed by atoms with Crippen molar-refractivity contribution in [2.75, 3.05) is 18.5 Å². The van der Waals surface area contributed by atoms with E-state index < -0.39 is 0 Å². The maximum atomic E-state index is 12.7. The predicted octanol–water partition coefficient (Wildman–Crippen LogP) is 5.10. The third kappa shape index (κ3) is 6.79. The van der Waals surface area contributed by atoms with Gasteiger partial charge in [0, 0.05) is 17.7 Å². The Morgan fingerprint density at radius 2 is 1.63 bits per heavy atom. The van der Waals surface area contributed by atoms with Gasteiger partial charge in [-0.2, -0.15) is 0 Å². The molecule has 0 heterocycles. The number of ether oxygens (including phenoxy) is 2. The largest absolute Gasteiger partial charge is 0.490 e. The smallest absolute Gasteiger partial charge is 0.251 e. The van der Waals surface area contributed by atoms with Crippen LogP contribution in [-0.2, 0) is 4.79 Å². The van der Waals surface area contributed by atoms with Gasteiger partial charge < -0.3 is 20.1 Å². The van der Waals surface area contributed by atoms with Crippen molar-refractivity contribution >= 4 is 17.5 Å². The summed E-state index contributed by atoms with van der Waals surface area (Å²) in [5, 5.41) is 5.78. The first-order valence-electron chi connectivity index (χ1n) is 10.6. The third-order valence-corrected chi connectivity index (χ3v) is 4.47. The van der Waals surface area contributed by atoms with Crippen LogP contribution in [0.25, 0.3) is 0 Å². The Kier molecular flexibility index (Phi) is 9.19. The quantitative estimate of drug-likeness (QED) is 0.538. The number of hydrogen-bond donors (Lipinski definition) is 2. The molecule has 0 radical (unpaired) electrons. The highest BCUT2D eigenvalue weighted by Crippen LogP contribution is 2.31. The second-order valence-corrected chi connectivity index (χ2v) is 7.08. The fourth-order valence-electron chi connectivity index (χ4n) is 2.80. The summed E-state index contributed by atoms with van der Waals surface area (Å²) >= 11 is 0. The fourth-order valence-corrected chi connectivity index (χ4v) is 2.80. The summed E-state index contributed by atoms with van der Waals surface area (Å²) in [4.78, 5) is 24.3. The van der Waals surface area contributed by atoms with Crippen molar-refractivity contribution in [2.24, 2.45) is 0 Å². The molecule has 2 amide bonds. The molecule has 0 saturated heterocycles. The summed E-state index contributed by atoms with van der Waals surface area (Å²) in [6.07, 6.45) is 2.20. The summed E-state index contributed by atoms with van der Waals surface area (Å²) in [6, 6.07) is 12.4. The summed E-state index contributed by atoms with van der Waals surface area (Å²) in [5.74, 6) is 1.10. The molecule has 2 aromatic carbocycles. The van der Waals surface area contributed by atoms with E-state index in [1.54, 1.807) is 31.2 Å². The first-order valence-corrected chi connectivity index (χ1v) is 10.6. The Morgan fingerprint density at radius 1 is 0.933 bits per heavy atom. The minimum atomic E-state index is -0.226. The van der Waals surface area contributed by atoms with Crippen molar-refractivity contribution in [3.8, 4) is 11.5 Å². The van der Waals surface area contributed by atoms with E-state index in [1.165, 1.54) is 0 Å². The van der Waals surface area contributed by atoms with Crippen molar-refractivity contribution < 1.29 is 19.1 Å². The second-order valence-electron chi connectivity index (χ2n) is 7.08. The lowest BCUT2D eigenvalue weighted by Gasteiger charge is -2.18. The average Bonchev–Trinajstić information content (AvgIpc) is 2.76. The minimum Gasteiger partial charge on any atom is -0.490 e. The van der Waals surface area contributed by atoms with Gasteiger partial charge in [-0.25, -0.2) is 0 Å². The van der Waals surface area contributed by atoms with E-state index in [0.29, 0.717) is 42.4 Å². The number of nitrogens with one attached hydrogen (secondary N) is 2. The fraction of sp³-hybridized carbons (Fsp3) is 0.417. The maximum Gasteiger partial charge on any atom is 0.251 e. The summed E-state index contributed by atoms with van der Waals surface area (Å²) in [6.45, 7) is 9.04. The van der Waals surface area contributed by atoms with Crippen LogP contribution >= 0.6 is 0 Å². The van der Waals surface area contributed by atoms with Crippen LogP contribution in [0.5, 0.6) is 11.5 Å². The summed E-state index contributed by atoms with van der Waals surface area (Å²) in [7, 11) is 0. The number of benzene rings is 2. The molecule has 2 rings (SSSR count). The number of amides is 2. The van der Waals surface area contributed by atoms with Crippen LogP contribution in [0.15, 0.2) is 42.5 Å². The number of carbonyl (C=O) groups excluding carboxylic acids is 2. The monoisotopic (exact) mass is 412 g/mol. The molecule has 0 spiro atoms. The van der Waals surface area contributed by atoms with Crippen molar-refractivity contribution in [3.63, 3.8) is 0 Å². The Balaban J connectivity index is 2.12. The van der Waals surface area contributed by atoms with Crippen LogP contribution < -0.4 is 20.1 Å². The van der Waals surface area contributed by atoms with E-state index in [1.807, 2.05) is 25.1 Å². The molecule has 0 aliphatic rings. The summed E-state index contributed by atoms with van der Waals surface area (Å²) < 4.78 is 11.6. The van der Waals surface area contributed by atoms with Crippen LogP contribution in [0.4, 0.5) is 5.69 Å². The first kappa shape index (κ1) is 23.3. The van der Waals surface area contributed by atoms with Gasteiger partial charge in [0.25, 0.3) is 5.91 Å². The molecular weight excluding hydrogens is 380 g/mol. The number of carbonyl (C=O) groups is 2. The molecule has 0 aliphatic heterocycles. The van der Waals surface area contributed by atoms with Crippen LogP contribution in [0.2, 0.25) is 0 Å². The lowest BCUT2D eigenvalue weighted by molar-refractivity contribution is -0.115. The van der Waals surface area contributed by atoms with Gasteiger partial charge in [0.1, 0.15) is 0 Å². The molecule has 1 atom stereocenters. The predicted molar refractivity (Wildman–Crippen MR) is 119 cm³/mol. The Hall–Kier alpha value is -3.02. The van der Waals surface area contributed by atoms with Crippen molar-refractivity contribution in [1.82, 2.24) is 5.32 Å². The van der Waals surface area contributed by atoms with Crippen molar-refractivity contribution in [3.05, 3.63) is 53.6 Å². The number of rotatable bonds is 11. The molecule has 2 N–H and O–H groups in total. The highest BCUT2D eigenvalue weighted by atomic mass is 16.5. The minimum absolute atomic E-state index is 0.0917. The highest BCUT2D eigenvalue weighted by molar-refractivity contribution is 5.97. The van der Waals surface area contributed by atoms with E-state index in [4.69, 9.17) is 9.47 Å². The van der Waals surface area contributed by atoms with Crippen LogP contribution in [-0.4, -0.2) is 25.0 Å². The van der Waals surface area contributed by atoms with Gasteiger partial charge in [0.2, 0.25) is 5.91 Å². The average molecular weight is 413 g/mol. The Bertz CT molecular complexity index is 851. The zero-order chi connectivity index (χ0) is 21.9. The van der Waals surface area contributed by atoms with E-state index in [2.05, 4.69) is 24.5 Å². The van der Waals surface area contributed by atoms with Gasteiger partial charge in [-0.15, -0.1) is 0 Å². The molecule has 6 nitrogen and oxygen atoms in total. The molecule has 0 aliphatic carbocycles. The molecular formula is C24H32N2O4. The third-order valence-electron chi connectivity index (χ3n) is 4.47. The van der Waals surface area contributed by atoms with Gasteiger partial charge in [0.15, 0.2) is 11.5 Å². The molecule has 6 heteroatoms. The van der Waals surface area contributed by atoms with Crippen molar-refractivity contribution in [1.29, 1.82) is 0 Å². The molecule has 0 fully saturated rings. The normalized spacial score (nSPS) is 11.5. The van der Waals surface area contributed by atoms with E-state index >= 15 is 0 Å². The maximum absolute atomic E-state index is 12.7. The van der Waals surface area contributed by atoms with E-state index in [9.17, 15) is 9.59 Å². The topological polar surface area (TPSA) is 76.7 Å². The lowest BCUT2D eigenvalue weighted by Crippen LogP contribution is -2.26. The van der Waals surface area contributed by atoms with Crippen LogP contribution in [0.3, 0.4) is 0 Å². The van der Waals surface area contributed by atoms with E-state index in [0.717, 1.165) is 18.4 Å². The first-order chi connectivity index (χ1) is 14.5. The highest BCUT2D eigenvalue weighted by Gasteiger charge is 2.15. The van der Waals surface area contributed by atoms with Crippen LogP contribution in [0, 0.1) is 0 Å². The van der Waals surface area contributed by atoms with Gasteiger partial charge in [-0.05, 0) is 55.7 Å². The van der Waals surface area contributed by atoms with Gasteiger partial charge >= 0.3 is 0 Å². The lowest BCUT2D eigenvalue weighted by atomic mass is 10.1. The molecule has 0 bridgehead atoms. The second kappa shape index (κ2) is 11.9. The molecule has 0 saturated carbocycles. The van der Waals surface area contributed by atoms with Gasteiger partial charge in [-0.3, -0.25) is 9.59 Å². The SMILES string of the molecule is CCCOc1ccc(C(C)NC(=O)c2cccc(NC(=O)CC)c2)cc1OCCC. The van der Waals surface area contributed by atoms with Crippen LogP contribution in [0.1, 0.15) is 68.9 Å². The van der Waals surface area contributed by atoms with Gasteiger partial charge in [0.05, 0.1) is 19.3 Å².